The summed E-state index contributed by atoms with van der Waals surface area (Å²) in [6, 6.07) is 3.73. The van der Waals surface area contributed by atoms with Crippen molar-refractivity contribution in [2.24, 2.45) is 0 Å². The summed E-state index contributed by atoms with van der Waals surface area (Å²) in [5.74, 6) is 2.00. The summed E-state index contributed by atoms with van der Waals surface area (Å²) in [6.45, 7) is 5.47. The molecule has 0 saturated carbocycles. The van der Waals surface area contributed by atoms with Gasteiger partial charge in [-0.15, -0.1) is 21.5 Å². The average molecular weight is 333 g/mol. The number of rotatable bonds is 6. The number of fused-ring (bicyclic) bond motifs is 1. The summed E-state index contributed by atoms with van der Waals surface area (Å²) in [5.41, 5.74) is 0. The maximum Gasteiger partial charge on any atom is 0.237 e. The Hall–Kier alpha value is -1.73. The van der Waals surface area contributed by atoms with E-state index in [9.17, 15) is 4.79 Å². The summed E-state index contributed by atoms with van der Waals surface area (Å²) >= 11 is 1.65. The van der Waals surface area contributed by atoms with Crippen LogP contribution in [0.25, 0.3) is 0 Å². The molecule has 0 bridgehead atoms. The van der Waals surface area contributed by atoms with Gasteiger partial charge in [0.25, 0.3) is 0 Å². The first-order valence-electron chi connectivity index (χ1n) is 8.13. The van der Waals surface area contributed by atoms with Crippen molar-refractivity contribution in [1.29, 1.82) is 0 Å². The first kappa shape index (κ1) is 16.1. The number of hydrogen-bond acceptors (Lipinski definition) is 5. The van der Waals surface area contributed by atoms with E-state index in [4.69, 9.17) is 0 Å². The molecule has 3 heterocycles. The molecule has 1 amide bonds. The van der Waals surface area contributed by atoms with Gasteiger partial charge >= 0.3 is 0 Å². The fourth-order valence-electron chi connectivity index (χ4n) is 2.92. The van der Waals surface area contributed by atoms with Crippen molar-refractivity contribution in [2.45, 2.75) is 58.3 Å². The Morgan fingerprint density at radius 1 is 1.39 bits per heavy atom. The van der Waals surface area contributed by atoms with E-state index in [0.29, 0.717) is 6.54 Å². The molecule has 0 saturated heterocycles. The third-order valence-corrected chi connectivity index (χ3v) is 5.06. The predicted molar refractivity (Wildman–Crippen MR) is 90.1 cm³/mol. The van der Waals surface area contributed by atoms with Crippen molar-refractivity contribution >= 4 is 17.2 Å². The highest BCUT2D eigenvalue weighted by atomic mass is 32.1. The molecule has 7 heteroatoms. The molecule has 1 aliphatic rings. The average Bonchev–Trinajstić information content (AvgIpc) is 3.21. The number of thiophene rings is 1. The molecule has 2 N–H and O–H groups in total. The third-order valence-electron chi connectivity index (χ3n) is 4.19. The zero-order valence-electron chi connectivity index (χ0n) is 13.6. The Morgan fingerprint density at radius 3 is 3.04 bits per heavy atom. The van der Waals surface area contributed by atoms with Crippen LogP contribution in [-0.4, -0.2) is 26.7 Å². The Kier molecular flexibility index (Phi) is 5.07. The van der Waals surface area contributed by atoms with Crippen LogP contribution in [0.2, 0.25) is 0 Å². The summed E-state index contributed by atoms with van der Waals surface area (Å²) in [5, 5.41) is 16.9. The molecule has 0 fully saturated rings. The highest BCUT2D eigenvalue weighted by molar-refractivity contribution is 7.09. The lowest BCUT2D eigenvalue weighted by Crippen LogP contribution is -2.43. The second-order valence-electron chi connectivity index (χ2n) is 5.99. The van der Waals surface area contributed by atoms with Crippen molar-refractivity contribution in [2.75, 3.05) is 0 Å². The second-order valence-corrected chi connectivity index (χ2v) is 7.02. The number of nitrogens with one attached hydrogen (secondary N) is 2. The molecule has 2 aromatic rings. The Balaban J connectivity index is 1.55. The van der Waals surface area contributed by atoms with Gasteiger partial charge in [-0.05, 0) is 38.1 Å². The molecule has 0 aliphatic carbocycles. The van der Waals surface area contributed by atoms with Crippen molar-refractivity contribution in [3.63, 3.8) is 0 Å². The zero-order valence-corrected chi connectivity index (χ0v) is 14.4. The summed E-state index contributed by atoms with van der Waals surface area (Å²) in [4.78, 5) is 13.4. The third kappa shape index (κ3) is 3.79. The molecular weight excluding hydrogens is 310 g/mol. The van der Waals surface area contributed by atoms with Crippen LogP contribution in [0.15, 0.2) is 17.5 Å². The van der Waals surface area contributed by atoms with Crippen LogP contribution in [0.1, 0.15) is 49.3 Å². The lowest BCUT2D eigenvalue weighted by molar-refractivity contribution is -0.123. The minimum Gasteiger partial charge on any atom is -0.350 e. The monoisotopic (exact) mass is 333 g/mol. The number of carbonyl (C=O) groups is 1. The molecule has 23 heavy (non-hydrogen) atoms. The molecule has 1 aliphatic heterocycles. The largest absolute Gasteiger partial charge is 0.350 e. The normalized spacial score (nSPS) is 16.6. The van der Waals surface area contributed by atoms with Crippen LogP contribution in [-0.2, 0) is 24.3 Å². The van der Waals surface area contributed by atoms with Gasteiger partial charge in [0.05, 0.1) is 18.6 Å². The van der Waals surface area contributed by atoms with Crippen molar-refractivity contribution in [3.8, 4) is 0 Å². The quantitative estimate of drug-likeness (QED) is 0.848. The number of aromatic nitrogens is 3. The molecule has 0 radical (unpaired) electrons. The minimum atomic E-state index is -0.276. The predicted octanol–water partition coefficient (Wildman–Crippen LogP) is 2.03. The topological polar surface area (TPSA) is 71.8 Å². The first-order chi connectivity index (χ1) is 11.1. The van der Waals surface area contributed by atoms with Crippen LogP contribution in [0, 0.1) is 0 Å². The van der Waals surface area contributed by atoms with Gasteiger partial charge < -0.3 is 9.88 Å². The fraction of sp³-hybridized carbons (Fsp3) is 0.562. The van der Waals surface area contributed by atoms with Crippen molar-refractivity contribution < 1.29 is 4.79 Å². The lowest BCUT2D eigenvalue weighted by Gasteiger charge is -2.21. The van der Waals surface area contributed by atoms with Crippen LogP contribution in [0.3, 0.4) is 0 Å². The van der Waals surface area contributed by atoms with Crippen LogP contribution < -0.4 is 10.6 Å². The van der Waals surface area contributed by atoms with Crippen LogP contribution in [0.4, 0.5) is 0 Å². The molecule has 2 aromatic heterocycles. The SMILES string of the molecule is C[C@H](N[C@@H](C)c1nnc2n1CCCC2)C(=O)NCc1cccs1. The molecule has 3 rings (SSSR count). The highest BCUT2D eigenvalue weighted by Crippen LogP contribution is 2.19. The number of carbonyl (C=O) groups excluding carboxylic acids is 1. The maximum atomic E-state index is 12.2. The number of nitrogens with zero attached hydrogens (tertiary/aromatic N) is 3. The van der Waals surface area contributed by atoms with E-state index in [1.54, 1.807) is 11.3 Å². The number of amides is 1. The van der Waals surface area contributed by atoms with Crippen molar-refractivity contribution in [3.05, 3.63) is 34.0 Å². The van der Waals surface area contributed by atoms with Gasteiger partial charge in [-0.2, -0.15) is 0 Å². The van der Waals surface area contributed by atoms with Crippen molar-refractivity contribution in [1.82, 2.24) is 25.4 Å². The second kappa shape index (κ2) is 7.23. The Morgan fingerprint density at radius 2 is 2.26 bits per heavy atom. The molecule has 0 spiro atoms. The van der Waals surface area contributed by atoms with E-state index in [1.165, 1.54) is 12.8 Å². The van der Waals surface area contributed by atoms with Crippen LogP contribution in [0.5, 0.6) is 0 Å². The van der Waals surface area contributed by atoms with E-state index in [1.807, 2.05) is 31.4 Å². The Labute approximate surface area is 140 Å². The minimum absolute atomic E-state index is 0.00293. The van der Waals surface area contributed by atoms with E-state index in [0.717, 1.165) is 29.5 Å². The Bertz CT molecular complexity index is 651. The standard InChI is InChI=1S/C16H23N5OS/c1-11(15-20-19-14-7-3-4-8-21(14)15)18-12(2)16(22)17-10-13-6-5-9-23-13/h5-6,9,11-12,18H,3-4,7-8,10H2,1-2H3,(H,17,22)/t11-,12-/m0/s1. The highest BCUT2D eigenvalue weighted by Gasteiger charge is 2.23. The lowest BCUT2D eigenvalue weighted by atomic mass is 10.1. The van der Waals surface area contributed by atoms with Gasteiger partial charge in [0, 0.05) is 17.8 Å². The number of hydrogen-bond donors (Lipinski definition) is 2. The van der Waals surface area contributed by atoms with E-state index >= 15 is 0 Å². The molecule has 124 valence electrons. The molecule has 0 aromatic carbocycles. The summed E-state index contributed by atoms with van der Waals surface area (Å²) in [6.07, 6.45) is 3.35. The molecule has 0 unspecified atom stereocenters. The van der Waals surface area contributed by atoms with Gasteiger partial charge in [-0.3, -0.25) is 10.1 Å². The maximum absolute atomic E-state index is 12.2. The smallest absolute Gasteiger partial charge is 0.237 e. The molecule has 2 atom stereocenters. The van der Waals surface area contributed by atoms with Gasteiger partial charge in [0.1, 0.15) is 11.6 Å². The van der Waals surface area contributed by atoms with Gasteiger partial charge in [-0.1, -0.05) is 6.07 Å². The zero-order chi connectivity index (χ0) is 16.2. The molecule has 6 nitrogen and oxygen atoms in total. The van der Waals surface area contributed by atoms with Crippen LogP contribution >= 0.6 is 11.3 Å². The van der Waals surface area contributed by atoms with E-state index in [-0.39, 0.29) is 18.0 Å². The molecular formula is C16H23N5OS. The summed E-state index contributed by atoms with van der Waals surface area (Å²) in [7, 11) is 0. The first-order valence-corrected chi connectivity index (χ1v) is 9.01. The number of aryl methyl sites for hydroxylation is 1. The fourth-order valence-corrected chi connectivity index (χ4v) is 3.56. The van der Waals surface area contributed by atoms with E-state index in [2.05, 4.69) is 25.4 Å². The van der Waals surface area contributed by atoms with Gasteiger partial charge in [-0.25, -0.2) is 0 Å². The summed E-state index contributed by atoms with van der Waals surface area (Å²) < 4.78 is 2.19. The van der Waals surface area contributed by atoms with Gasteiger partial charge in [0.2, 0.25) is 5.91 Å². The van der Waals surface area contributed by atoms with E-state index < -0.39 is 0 Å². The van der Waals surface area contributed by atoms with Gasteiger partial charge in [0.15, 0.2) is 0 Å².